The summed E-state index contributed by atoms with van der Waals surface area (Å²) in [7, 11) is 5.69. The minimum absolute atomic E-state index is 0.155. The summed E-state index contributed by atoms with van der Waals surface area (Å²) in [6, 6.07) is 16.4. The quantitative estimate of drug-likeness (QED) is 0.542. The fourth-order valence-electron chi connectivity index (χ4n) is 3.85. The number of aliphatic imine (C=N–C) groups is 1. The number of guanidine groups is 1. The van der Waals surface area contributed by atoms with Crippen molar-refractivity contribution in [3.05, 3.63) is 71.0 Å². The van der Waals surface area contributed by atoms with E-state index in [4.69, 9.17) is 0 Å². The third-order valence-corrected chi connectivity index (χ3v) is 5.46. The first-order valence-corrected chi connectivity index (χ1v) is 10.7. The lowest BCUT2D eigenvalue weighted by atomic mass is 10.0. The second kappa shape index (κ2) is 11.1. The molecule has 5 nitrogen and oxygen atoms in total. The van der Waals surface area contributed by atoms with E-state index in [2.05, 4.69) is 50.9 Å². The van der Waals surface area contributed by atoms with Crippen LogP contribution in [0.1, 0.15) is 29.5 Å². The highest BCUT2D eigenvalue weighted by atomic mass is 19.1. The average Bonchev–Trinajstić information content (AvgIpc) is 2.75. The number of likely N-dealkylation sites (tertiary alicyclic amines) is 1. The Morgan fingerprint density at radius 1 is 1.10 bits per heavy atom. The smallest absolute Gasteiger partial charge is 0.191 e. The molecule has 0 amide bonds. The zero-order chi connectivity index (χ0) is 21.3. The lowest BCUT2D eigenvalue weighted by Gasteiger charge is -2.33. The Morgan fingerprint density at radius 2 is 1.83 bits per heavy atom. The Labute approximate surface area is 180 Å². The molecule has 0 atom stereocenters. The zero-order valence-electron chi connectivity index (χ0n) is 18.4. The van der Waals surface area contributed by atoms with Gasteiger partial charge in [0.2, 0.25) is 0 Å². The van der Waals surface area contributed by atoms with Crippen molar-refractivity contribution in [2.45, 2.75) is 38.5 Å². The van der Waals surface area contributed by atoms with Crippen LogP contribution in [0.4, 0.5) is 4.39 Å². The van der Waals surface area contributed by atoms with Gasteiger partial charge >= 0.3 is 0 Å². The van der Waals surface area contributed by atoms with Crippen molar-refractivity contribution in [2.75, 3.05) is 34.2 Å². The van der Waals surface area contributed by atoms with E-state index < -0.39 is 0 Å². The summed E-state index contributed by atoms with van der Waals surface area (Å²) in [6.07, 6.45) is 2.19. The van der Waals surface area contributed by atoms with Crippen LogP contribution in [0.3, 0.4) is 0 Å². The van der Waals surface area contributed by atoms with Gasteiger partial charge in [0.25, 0.3) is 0 Å². The van der Waals surface area contributed by atoms with E-state index in [1.54, 1.807) is 13.1 Å². The van der Waals surface area contributed by atoms with Crippen molar-refractivity contribution in [1.29, 1.82) is 0 Å². The third kappa shape index (κ3) is 6.82. The molecule has 0 bridgehead atoms. The summed E-state index contributed by atoms with van der Waals surface area (Å²) in [5.41, 5.74) is 3.14. The minimum Gasteiger partial charge on any atom is -0.354 e. The Bertz CT molecular complexity index is 814. The molecule has 2 N–H and O–H groups in total. The fraction of sp³-hybridized carbons (Fsp3) is 0.458. The SMILES string of the molecule is CN=C(NCc1ccc(F)c(CN(C)C)c1)NC1CCN(Cc2ccccc2)CC1. The molecule has 30 heavy (non-hydrogen) atoms. The van der Waals surface area contributed by atoms with Crippen LogP contribution < -0.4 is 10.6 Å². The Kier molecular flexibility index (Phi) is 8.22. The Hall–Kier alpha value is -2.44. The summed E-state index contributed by atoms with van der Waals surface area (Å²) in [5.74, 6) is 0.646. The van der Waals surface area contributed by atoms with Gasteiger partial charge in [-0.25, -0.2) is 4.39 Å². The van der Waals surface area contributed by atoms with Gasteiger partial charge in [-0.05, 0) is 50.2 Å². The highest BCUT2D eigenvalue weighted by Gasteiger charge is 2.20. The fourth-order valence-corrected chi connectivity index (χ4v) is 3.85. The van der Waals surface area contributed by atoms with Gasteiger partial charge in [0, 0.05) is 51.4 Å². The van der Waals surface area contributed by atoms with Crippen LogP contribution in [0.25, 0.3) is 0 Å². The molecular weight excluding hydrogens is 377 g/mol. The molecule has 2 aromatic carbocycles. The maximum absolute atomic E-state index is 14.0. The summed E-state index contributed by atoms with van der Waals surface area (Å²) in [4.78, 5) is 8.85. The first-order chi connectivity index (χ1) is 14.5. The number of halogens is 1. The van der Waals surface area contributed by atoms with Crippen LogP contribution in [0.2, 0.25) is 0 Å². The topological polar surface area (TPSA) is 42.9 Å². The van der Waals surface area contributed by atoms with Crippen molar-refractivity contribution in [3.63, 3.8) is 0 Å². The van der Waals surface area contributed by atoms with Crippen LogP contribution in [-0.2, 0) is 19.6 Å². The molecule has 1 heterocycles. The second-order valence-corrected chi connectivity index (χ2v) is 8.27. The van der Waals surface area contributed by atoms with Gasteiger partial charge in [-0.15, -0.1) is 0 Å². The molecule has 0 aromatic heterocycles. The highest BCUT2D eigenvalue weighted by molar-refractivity contribution is 5.79. The van der Waals surface area contributed by atoms with E-state index in [0.717, 1.165) is 44.0 Å². The van der Waals surface area contributed by atoms with Crippen LogP contribution in [0.15, 0.2) is 53.5 Å². The largest absolute Gasteiger partial charge is 0.354 e. The van der Waals surface area contributed by atoms with Gasteiger partial charge < -0.3 is 15.5 Å². The first-order valence-electron chi connectivity index (χ1n) is 10.7. The lowest BCUT2D eigenvalue weighted by Crippen LogP contribution is -2.48. The zero-order valence-corrected chi connectivity index (χ0v) is 18.4. The third-order valence-electron chi connectivity index (χ3n) is 5.46. The van der Waals surface area contributed by atoms with Crippen molar-refractivity contribution in [3.8, 4) is 0 Å². The summed E-state index contributed by atoms with van der Waals surface area (Å²) in [5, 5.41) is 6.92. The molecule has 1 aliphatic rings. The number of benzene rings is 2. The van der Waals surface area contributed by atoms with E-state index in [1.807, 2.05) is 31.1 Å². The van der Waals surface area contributed by atoms with Crippen LogP contribution in [0, 0.1) is 5.82 Å². The standard InChI is InChI=1S/C24H34FN5/c1-26-24(27-16-20-9-10-23(25)21(15-20)18-29(2)3)28-22-11-13-30(14-12-22)17-19-7-5-4-6-8-19/h4-10,15,22H,11-14,16-18H2,1-3H3,(H2,26,27,28). The highest BCUT2D eigenvalue weighted by Crippen LogP contribution is 2.14. The van der Waals surface area contributed by atoms with Crippen molar-refractivity contribution < 1.29 is 4.39 Å². The lowest BCUT2D eigenvalue weighted by molar-refractivity contribution is 0.198. The molecule has 1 fully saturated rings. The molecule has 0 saturated carbocycles. The molecule has 1 saturated heterocycles. The monoisotopic (exact) mass is 411 g/mol. The molecule has 0 radical (unpaired) electrons. The normalized spacial score (nSPS) is 16.1. The van der Waals surface area contributed by atoms with Gasteiger partial charge in [-0.3, -0.25) is 9.89 Å². The van der Waals surface area contributed by atoms with Crippen molar-refractivity contribution in [2.24, 2.45) is 4.99 Å². The summed E-state index contributed by atoms with van der Waals surface area (Å²) >= 11 is 0. The second-order valence-electron chi connectivity index (χ2n) is 8.27. The molecule has 6 heteroatoms. The molecule has 2 aromatic rings. The summed E-state index contributed by atoms with van der Waals surface area (Å²) < 4.78 is 14.0. The number of nitrogens with one attached hydrogen (secondary N) is 2. The maximum Gasteiger partial charge on any atom is 0.191 e. The van der Waals surface area contributed by atoms with Gasteiger partial charge in [0.05, 0.1) is 0 Å². The van der Waals surface area contributed by atoms with Crippen molar-refractivity contribution >= 4 is 5.96 Å². The van der Waals surface area contributed by atoms with Gasteiger partial charge in [-0.1, -0.05) is 36.4 Å². The van der Waals surface area contributed by atoms with Gasteiger partial charge in [-0.2, -0.15) is 0 Å². The first kappa shape index (κ1) is 22.2. The minimum atomic E-state index is -0.155. The molecule has 0 spiro atoms. The molecule has 1 aliphatic heterocycles. The predicted molar refractivity (Wildman–Crippen MR) is 122 cm³/mol. The van der Waals surface area contributed by atoms with E-state index in [0.29, 0.717) is 24.7 Å². The van der Waals surface area contributed by atoms with Gasteiger partial charge in [0.1, 0.15) is 5.82 Å². The number of piperidine rings is 1. The van der Waals surface area contributed by atoms with Crippen LogP contribution in [0.5, 0.6) is 0 Å². The molecule has 0 unspecified atom stereocenters. The maximum atomic E-state index is 14.0. The van der Waals surface area contributed by atoms with Crippen LogP contribution in [-0.4, -0.2) is 56.0 Å². The predicted octanol–water partition coefficient (Wildman–Crippen LogP) is 3.22. The van der Waals surface area contributed by atoms with E-state index in [1.165, 1.54) is 5.56 Å². The van der Waals surface area contributed by atoms with E-state index in [-0.39, 0.29) is 5.82 Å². The molecule has 0 aliphatic carbocycles. The van der Waals surface area contributed by atoms with Gasteiger partial charge in [0.15, 0.2) is 5.96 Å². The Morgan fingerprint density at radius 3 is 2.50 bits per heavy atom. The van der Waals surface area contributed by atoms with Crippen molar-refractivity contribution in [1.82, 2.24) is 20.4 Å². The van der Waals surface area contributed by atoms with E-state index in [9.17, 15) is 4.39 Å². The van der Waals surface area contributed by atoms with Crippen LogP contribution >= 0.6 is 0 Å². The van der Waals surface area contributed by atoms with E-state index >= 15 is 0 Å². The number of rotatable bonds is 7. The number of hydrogen-bond donors (Lipinski definition) is 2. The number of hydrogen-bond acceptors (Lipinski definition) is 3. The average molecular weight is 412 g/mol. The molecule has 162 valence electrons. The molecule has 3 rings (SSSR count). The molecular formula is C24H34FN5. The number of nitrogens with zero attached hydrogens (tertiary/aromatic N) is 3. The summed E-state index contributed by atoms with van der Waals surface area (Å²) in [6.45, 7) is 4.38. The Balaban J connectivity index is 1.45.